The zero-order chi connectivity index (χ0) is 18.4. The highest BCUT2D eigenvalue weighted by atomic mass is 32.1. The van der Waals surface area contributed by atoms with E-state index in [0.717, 1.165) is 16.4 Å². The van der Waals surface area contributed by atoms with Gasteiger partial charge in [0.05, 0.1) is 23.8 Å². The number of carbonyl (C=O) groups is 1. The lowest BCUT2D eigenvalue weighted by Crippen LogP contribution is -2.41. The van der Waals surface area contributed by atoms with Gasteiger partial charge in [0.25, 0.3) is 0 Å². The number of H-pyrrole nitrogens is 1. The number of aromatic amines is 1. The Kier molecular flexibility index (Phi) is 3.78. The Morgan fingerprint density at radius 1 is 1.41 bits per heavy atom. The molecule has 0 radical (unpaired) electrons. The van der Waals surface area contributed by atoms with E-state index in [1.165, 1.54) is 17.4 Å². The van der Waals surface area contributed by atoms with Crippen LogP contribution in [0.1, 0.15) is 28.2 Å². The highest BCUT2D eigenvalue weighted by Gasteiger charge is 2.36. The minimum Gasteiger partial charge on any atom is -0.458 e. The summed E-state index contributed by atoms with van der Waals surface area (Å²) in [5.41, 5.74) is 2.17. The van der Waals surface area contributed by atoms with Gasteiger partial charge in [-0.3, -0.25) is 4.79 Å². The highest BCUT2D eigenvalue weighted by Crippen LogP contribution is 2.37. The Balaban J connectivity index is 1.58. The summed E-state index contributed by atoms with van der Waals surface area (Å²) in [4.78, 5) is 26.5. The quantitative estimate of drug-likeness (QED) is 0.589. The molecule has 0 saturated heterocycles. The largest absolute Gasteiger partial charge is 0.458 e. The predicted molar refractivity (Wildman–Crippen MR) is 97.8 cm³/mol. The van der Waals surface area contributed by atoms with Crippen molar-refractivity contribution in [3.05, 3.63) is 70.1 Å². The second kappa shape index (κ2) is 6.31. The maximum Gasteiger partial charge on any atom is 0.230 e. The molecular formula is C19H15FN4O2S. The van der Waals surface area contributed by atoms with E-state index in [9.17, 15) is 9.18 Å². The number of thiazole rings is 1. The van der Waals surface area contributed by atoms with Crippen molar-refractivity contribution in [2.24, 2.45) is 0 Å². The van der Waals surface area contributed by atoms with Crippen LogP contribution in [0.5, 0.6) is 0 Å². The lowest BCUT2D eigenvalue weighted by Gasteiger charge is -2.33. The number of hydrogen-bond acceptors (Lipinski definition) is 5. The number of fused-ring (bicyclic) bond motifs is 2. The van der Waals surface area contributed by atoms with Gasteiger partial charge in [-0.25, -0.2) is 14.4 Å². The van der Waals surface area contributed by atoms with Gasteiger partial charge in [-0.15, -0.1) is 11.3 Å². The Labute approximate surface area is 157 Å². The number of furan rings is 1. The molecule has 0 unspecified atom stereocenters. The van der Waals surface area contributed by atoms with Crippen LogP contribution in [-0.2, 0) is 17.6 Å². The molecule has 3 aromatic heterocycles. The Bertz CT molecular complexity index is 1120. The molecule has 0 saturated carbocycles. The zero-order valence-corrected chi connectivity index (χ0v) is 15.0. The van der Waals surface area contributed by atoms with Crippen molar-refractivity contribution >= 4 is 28.2 Å². The number of nitrogens with zero attached hydrogens (tertiary/aromatic N) is 3. The van der Waals surface area contributed by atoms with Gasteiger partial charge in [-0.05, 0) is 18.2 Å². The first-order valence-electron chi connectivity index (χ1n) is 8.58. The van der Waals surface area contributed by atoms with Crippen LogP contribution in [0.4, 0.5) is 4.39 Å². The molecule has 0 aliphatic carbocycles. The highest BCUT2D eigenvalue weighted by molar-refractivity contribution is 7.09. The Hall–Kier alpha value is -3.00. The van der Waals surface area contributed by atoms with E-state index in [0.29, 0.717) is 29.7 Å². The molecule has 1 aromatic carbocycles. The molecule has 0 fully saturated rings. The Morgan fingerprint density at radius 2 is 2.33 bits per heavy atom. The number of rotatable bonds is 3. The monoisotopic (exact) mass is 382 g/mol. The summed E-state index contributed by atoms with van der Waals surface area (Å²) in [7, 11) is 0. The molecule has 136 valence electrons. The average Bonchev–Trinajstić information content (AvgIpc) is 3.41. The summed E-state index contributed by atoms with van der Waals surface area (Å²) in [6.45, 7) is 0.531. The second-order valence-corrected chi connectivity index (χ2v) is 7.39. The summed E-state index contributed by atoms with van der Waals surface area (Å²) in [6, 6.07) is 5.91. The molecule has 1 amide bonds. The van der Waals surface area contributed by atoms with E-state index in [-0.39, 0.29) is 18.1 Å². The standard InChI is InChI=1S/C19H15FN4O2S/c20-12-2-1-3-14-11(12)8-15(26-14)19-18-13(22-10-23-18)4-6-24(19)17(25)9-16-21-5-7-27-16/h1-3,5,7-8,10,19H,4,6,9H2,(H,22,23)/t19-/m0/s1. The molecular weight excluding hydrogens is 367 g/mol. The third kappa shape index (κ3) is 2.73. The van der Waals surface area contributed by atoms with Gasteiger partial charge in [0.1, 0.15) is 28.2 Å². The maximum atomic E-state index is 14.1. The number of carbonyl (C=O) groups excluding carboxylic acids is 1. The first-order valence-corrected chi connectivity index (χ1v) is 9.46. The van der Waals surface area contributed by atoms with Crippen molar-refractivity contribution in [1.82, 2.24) is 19.9 Å². The molecule has 1 atom stereocenters. The fraction of sp³-hybridized carbons (Fsp3) is 0.211. The molecule has 27 heavy (non-hydrogen) atoms. The fourth-order valence-electron chi connectivity index (χ4n) is 3.58. The maximum absolute atomic E-state index is 14.1. The molecule has 1 N–H and O–H groups in total. The van der Waals surface area contributed by atoms with Crippen LogP contribution < -0.4 is 0 Å². The predicted octanol–water partition coefficient (Wildman–Crippen LogP) is 3.47. The molecule has 0 bridgehead atoms. The van der Waals surface area contributed by atoms with E-state index >= 15 is 0 Å². The fourth-order valence-corrected chi connectivity index (χ4v) is 4.19. The van der Waals surface area contributed by atoms with Crippen LogP contribution in [0.3, 0.4) is 0 Å². The topological polar surface area (TPSA) is 75.0 Å². The summed E-state index contributed by atoms with van der Waals surface area (Å²) >= 11 is 1.45. The van der Waals surface area contributed by atoms with Crippen LogP contribution in [-0.4, -0.2) is 32.3 Å². The van der Waals surface area contributed by atoms with Crippen molar-refractivity contribution in [1.29, 1.82) is 0 Å². The van der Waals surface area contributed by atoms with Crippen molar-refractivity contribution in [3.63, 3.8) is 0 Å². The molecule has 0 spiro atoms. The number of amides is 1. The normalized spacial score (nSPS) is 16.6. The summed E-state index contributed by atoms with van der Waals surface area (Å²) in [5.74, 6) is 0.112. The van der Waals surface area contributed by atoms with Crippen molar-refractivity contribution in [2.75, 3.05) is 6.54 Å². The minimum atomic E-state index is -0.487. The summed E-state index contributed by atoms with van der Waals surface area (Å²) in [5, 5.41) is 3.02. The Morgan fingerprint density at radius 3 is 3.15 bits per heavy atom. The van der Waals surface area contributed by atoms with E-state index < -0.39 is 6.04 Å². The number of benzene rings is 1. The number of hydrogen-bond donors (Lipinski definition) is 1. The van der Waals surface area contributed by atoms with Crippen LogP contribution in [0.2, 0.25) is 0 Å². The van der Waals surface area contributed by atoms with E-state index in [1.807, 2.05) is 5.38 Å². The molecule has 1 aliphatic heterocycles. The third-order valence-corrected chi connectivity index (χ3v) is 5.61. The number of halogens is 1. The van der Waals surface area contributed by atoms with Crippen LogP contribution in [0.15, 0.2) is 46.6 Å². The SMILES string of the molecule is O=C(Cc1nccs1)N1CCc2[nH]cnc2[C@@H]1c1cc2c(F)cccc2o1. The van der Waals surface area contributed by atoms with Gasteiger partial charge in [-0.1, -0.05) is 6.07 Å². The van der Waals surface area contributed by atoms with Gasteiger partial charge in [0, 0.05) is 30.2 Å². The lowest BCUT2D eigenvalue weighted by atomic mass is 9.99. The molecule has 4 aromatic rings. The molecule has 6 nitrogen and oxygen atoms in total. The van der Waals surface area contributed by atoms with Crippen LogP contribution >= 0.6 is 11.3 Å². The van der Waals surface area contributed by atoms with Crippen LogP contribution in [0.25, 0.3) is 11.0 Å². The van der Waals surface area contributed by atoms with Crippen molar-refractivity contribution in [3.8, 4) is 0 Å². The second-order valence-electron chi connectivity index (χ2n) is 6.41. The number of aromatic nitrogens is 3. The van der Waals surface area contributed by atoms with E-state index in [1.54, 1.807) is 35.6 Å². The molecule has 8 heteroatoms. The molecule has 4 heterocycles. The first kappa shape index (κ1) is 16.2. The molecule has 5 rings (SSSR count). The van der Waals surface area contributed by atoms with Gasteiger partial charge in [0.2, 0.25) is 5.91 Å². The number of nitrogens with one attached hydrogen (secondary N) is 1. The van der Waals surface area contributed by atoms with Gasteiger partial charge in [-0.2, -0.15) is 0 Å². The lowest BCUT2D eigenvalue weighted by molar-refractivity contribution is -0.133. The third-order valence-electron chi connectivity index (χ3n) is 4.83. The number of imidazole rings is 1. The van der Waals surface area contributed by atoms with Gasteiger partial charge < -0.3 is 14.3 Å². The van der Waals surface area contributed by atoms with E-state index in [4.69, 9.17) is 4.42 Å². The van der Waals surface area contributed by atoms with Crippen molar-refractivity contribution < 1.29 is 13.6 Å². The summed E-state index contributed by atoms with van der Waals surface area (Å²) < 4.78 is 20.1. The average molecular weight is 382 g/mol. The summed E-state index contributed by atoms with van der Waals surface area (Å²) in [6.07, 6.45) is 4.22. The first-order chi connectivity index (χ1) is 13.2. The molecule has 1 aliphatic rings. The van der Waals surface area contributed by atoms with Gasteiger partial charge in [0.15, 0.2) is 0 Å². The van der Waals surface area contributed by atoms with Gasteiger partial charge >= 0.3 is 0 Å². The van der Waals surface area contributed by atoms with E-state index in [2.05, 4.69) is 15.0 Å². The smallest absolute Gasteiger partial charge is 0.230 e. The van der Waals surface area contributed by atoms with Crippen LogP contribution in [0, 0.1) is 5.82 Å². The minimum absolute atomic E-state index is 0.0514. The zero-order valence-electron chi connectivity index (χ0n) is 14.2. The van der Waals surface area contributed by atoms with Crippen molar-refractivity contribution in [2.45, 2.75) is 18.9 Å².